The Kier molecular flexibility index (Phi) is 28.0. The van der Waals surface area contributed by atoms with E-state index in [1.165, 1.54) is 96.4 Å². The zero-order chi connectivity index (χ0) is 34.4. The van der Waals surface area contributed by atoms with E-state index in [9.17, 15) is 0 Å². The maximum atomic E-state index is 7.03. The number of nitrogens with one attached hydrogen (secondary N) is 1. The molecule has 0 heterocycles. The van der Waals surface area contributed by atoms with Crippen molar-refractivity contribution in [2.75, 3.05) is 52.5 Å². The summed E-state index contributed by atoms with van der Waals surface area (Å²) in [5, 5.41) is 3.77. The Morgan fingerprint density at radius 2 is 1.29 bits per heavy atom. The van der Waals surface area contributed by atoms with E-state index in [1.54, 1.807) is 0 Å². The maximum Gasteiger partial charge on any atom is 0.0637 e. The molecule has 4 fully saturated rings. The first-order chi connectivity index (χ1) is 23.3. The lowest BCUT2D eigenvalue weighted by Gasteiger charge is -2.65. The standard InChI is InChI=1S/C41H80N4O3.4ClH/c1-5-6-7-8-9-10-23-45-24-11-15-31(2)34-16-17-35-39-36(30-38(41(34,35)4)48-27-14-22-44)40(3)19-18-33(46-25-12-20-42)28-32(40)29-37(39)47-26-13-21-43;;;;/h31-39,45H,5-30,42-44H2,1-4H3;4*1H/t31-,32?,33-,34-,35+,36+,37-,38+,39?,40+,41-;;;;/m1..../s1. The summed E-state index contributed by atoms with van der Waals surface area (Å²) in [6, 6.07) is 0. The van der Waals surface area contributed by atoms with E-state index >= 15 is 0 Å². The third-order valence-electron chi connectivity index (χ3n) is 14.2. The minimum atomic E-state index is 0. The van der Waals surface area contributed by atoms with Gasteiger partial charge in [-0.15, -0.1) is 49.6 Å². The summed E-state index contributed by atoms with van der Waals surface area (Å²) in [6.07, 6.45) is 23.2. The molecule has 0 radical (unpaired) electrons. The molecule has 0 amide bonds. The quantitative estimate of drug-likeness (QED) is 0.0718. The molecule has 11 atom stereocenters. The predicted molar refractivity (Wildman–Crippen MR) is 230 cm³/mol. The van der Waals surface area contributed by atoms with Crippen LogP contribution in [0, 0.1) is 46.3 Å². The number of unbranched alkanes of at least 4 members (excludes halogenated alkanes) is 5. The first-order valence-electron chi connectivity index (χ1n) is 21.0. The minimum absolute atomic E-state index is 0. The van der Waals surface area contributed by atoms with Crippen molar-refractivity contribution in [2.45, 2.75) is 162 Å². The molecule has 2 unspecified atom stereocenters. The fraction of sp³-hybridized carbons (Fsp3) is 1.00. The second-order valence-corrected chi connectivity index (χ2v) is 17.1. The van der Waals surface area contributed by atoms with E-state index in [1.807, 2.05) is 0 Å². The van der Waals surface area contributed by atoms with Crippen LogP contribution in [0.15, 0.2) is 0 Å². The molecule has 0 aliphatic heterocycles. The fourth-order valence-electron chi connectivity index (χ4n) is 11.5. The molecule has 0 aromatic carbocycles. The van der Waals surface area contributed by atoms with Gasteiger partial charge in [-0.25, -0.2) is 0 Å². The largest absolute Gasteiger partial charge is 0.378 e. The van der Waals surface area contributed by atoms with Crippen LogP contribution in [-0.4, -0.2) is 70.9 Å². The van der Waals surface area contributed by atoms with E-state index in [2.05, 4.69) is 33.0 Å². The first kappa shape index (κ1) is 52.9. The van der Waals surface area contributed by atoms with Gasteiger partial charge >= 0.3 is 0 Å². The molecule has 0 saturated heterocycles. The number of nitrogens with two attached hydrogens (primary N) is 3. The Bertz CT molecular complexity index is 899. The Balaban J connectivity index is 0.00000650. The Hall–Kier alpha value is 0.880. The third kappa shape index (κ3) is 13.5. The van der Waals surface area contributed by atoms with Crippen LogP contribution >= 0.6 is 49.6 Å². The maximum absolute atomic E-state index is 7.03. The molecular formula is C41H84Cl4N4O3. The molecule has 7 N–H and O–H groups in total. The van der Waals surface area contributed by atoms with E-state index in [-0.39, 0.29) is 55.0 Å². The second-order valence-electron chi connectivity index (χ2n) is 17.1. The van der Waals surface area contributed by atoms with Crippen LogP contribution in [0.1, 0.15) is 143 Å². The zero-order valence-electron chi connectivity index (χ0n) is 33.7. The molecule has 52 heavy (non-hydrogen) atoms. The number of hydrogen-bond acceptors (Lipinski definition) is 7. The molecule has 4 rings (SSSR count). The molecule has 4 aliphatic carbocycles. The summed E-state index contributed by atoms with van der Waals surface area (Å²) >= 11 is 0. The molecular weight excluding hydrogens is 738 g/mol. The van der Waals surface area contributed by atoms with Crippen LogP contribution in [0.3, 0.4) is 0 Å². The van der Waals surface area contributed by atoms with Gasteiger partial charge < -0.3 is 36.7 Å². The smallest absolute Gasteiger partial charge is 0.0637 e. The van der Waals surface area contributed by atoms with E-state index in [4.69, 9.17) is 31.4 Å². The van der Waals surface area contributed by atoms with Crippen LogP contribution in [-0.2, 0) is 14.2 Å². The summed E-state index contributed by atoms with van der Waals surface area (Å²) in [5.41, 5.74) is 18.3. The molecule has 11 heteroatoms. The van der Waals surface area contributed by atoms with Gasteiger partial charge in [-0.3, -0.25) is 0 Å². The number of hydrogen-bond donors (Lipinski definition) is 4. The average Bonchev–Trinajstić information content (AvgIpc) is 3.44. The minimum Gasteiger partial charge on any atom is -0.378 e. The van der Waals surface area contributed by atoms with Gasteiger partial charge in [0.15, 0.2) is 0 Å². The Morgan fingerprint density at radius 3 is 1.96 bits per heavy atom. The number of rotatable bonds is 24. The fourth-order valence-corrected chi connectivity index (χ4v) is 11.5. The topological polar surface area (TPSA) is 118 Å². The Morgan fingerprint density at radius 1 is 0.673 bits per heavy atom. The summed E-state index contributed by atoms with van der Waals surface area (Å²) in [6.45, 7) is 17.0. The van der Waals surface area contributed by atoms with Gasteiger partial charge in [-0.1, -0.05) is 59.8 Å². The van der Waals surface area contributed by atoms with Crippen LogP contribution in [0.25, 0.3) is 0 Å². The molecule has 0 spiro atoms. The molecule has 314 valence electrons. The molecule has 0 aromatic rings. The van der Waals surface area contributed by atoms with Gasteiger partial charge in [-0.2, -0.15) is 0 Å². The summed E-state index contributed by atoms with van der Waals surface area (Å²) in [7, 11) is 0. The van der Waals surface area contributed by atoms with Gasteiger partial charge in [0.1, 0.15) is 0 Å². The van der Waals surface area contributed by atoms with E-state index < -0.39 is 0 Å². The molecule has 4 aliphatic rings. The van der Waals surface area contributed by atoms with Gasteiger partial charge in [0, 0.05) is 25.2 Å². The van der Waals surface area contributed by atoms with E-state index in [0.717, 1.165) is 52.0 Å². The lowest BCUT2D eigenvalue weighted by atomic mass is 9.43. The highest BCUT2D eigenvalue weighted by Gasteiger charge is 2.66. The second kappa shape index (κ2) is 27.5. The lowest BCUT2D eigenvalue weighted by Crippen LogP contribution is -2.63. The summed E-state index contributed by atoms with van der Waals surface area (Å²) in [4.78, 5) is 0. The molecule has 0 bridgehead atoms. The number of fused-ring (bicyclic) bond motifs is 5. The van der Waals surface area contributed by atoms with Crippen LogP contribution in [0.4, 0.5) is 0 Å². The van der Waals surface area contributed by atoms with Crippen LogP contribution < -0.4 is 22.5 Å². The van der Waals surface area contributed by atoms with Crippen LogP contribution in [0.5, 0.6) is 0 Å². The van der Waals surface area contributed by atoms with Crippen molar-refractivity contribution in [3.05, 3.63) is 0 Å². The Labute approximate surface area is 345 Å². The zero-order valence-corrected chi connectivity index (χ0v) is 36.9. The van der Waals surface area contributed by atoms with Gasteiger partial charge in [0.05, 0.1) is 18.3 Å². The van der Waals surface area contributed by atoms with Crippen molar-refractivity contribution in [2.24, 2.45) is 63.5 Å². The van der Waals surface area contributed by atoms with Gasteiger partial charge in [0.25, 0.3) is 0 Å². The third-order valence-corrected chi connectivity index (χ3v) is 14.2. The van der Waals surface area contributed by atoms with Crippen molar-refractivity contribution in [1.29, 1.82) is 0 Å². The first-order valence-corrected chi connectivity index (χ1v) is 21.0. The number of halogens is 4. The highest BCUT2D eigenvalue weighted by Crippen LogP contribution is 2.69. The van der Waals surface area contributed by atoms with Crippen molar-refractivity contribution < 1.29 is 14.2 Å². The van der Waals surface area contributed by atoms with Crippen LogP contribution in [0.2, 0.25) is 0 Å². The van der Waals surface area contributed by atoms with Crippen molar-refractivity contribution in [1.82, 2.24) is 5.32 Å². The van der Waals surface area contributed by atoms with Gasteiger partial charge in [-0.05, 0) is 157 Å². The SMILES string of the molecule is CCCCCCCCNCCC[C@@H](C)[C@H]1CC[C@H]2C3[C@H](OCCCN)CC4C[C@H](OCCCN)CC[C@]4(C)[C@H]3C[C@H](OCCCN)[C@]12C.Cl.Cl.Cl.Cl. The summed E-state index contributed by atoms with van der Waals surface area (Å²) < 4.78 is 20.4. The highest BCUT2D eigenvalue weighted by molar-refractivity contribution is 5.86. The van der Waals surface area contributed by atoms with E-state index in [0.29, 0.717) is 78.9 Å². The average molecular weight is 823 g/mol. The van der Waals surface area contributed by atoms with Crippen molar-refractivity contribution in [3.63, 3.8) is 0 Å². The predicted octanol–water partition coefficient (Wildman–Crippen LogP) is 9.12. The number of ether oxygens (including phenoxy) is 3. The summed E-state index contributed by atoms with van der Waals surface area (Å²) in [5.74, 6) is 3.92. The normalized spacial score (nSPS) is 34.0. The van der Waals surface area contributed by atoms with Crippen molar-refractivity contribution >= 4 is 49.6 Å². The molecule has 0 aromatic heterocycles. The highest BCUT2D eigenvalue weighted by atomic mass is 35.5. The van der Waals surface area contributed by atoms with Crippen molar-refractivity contribution in [3.8, 4) is 0 Å². The monoisotopic (exact) mass is 821 g/mol. The molecule has 7 nitrogen and oxygen atoms in total. The van der Waals surface area contributed by atoms with Gasteiger partial charge in [0.2, 0.25) is 0 Å². The lowest BCUT2D eigenvalue weighted by molar-refractivity contribution is -0.227. The molecule has 4 saturated carbocycles.